The Labute approximate surface area is 121 Å². The molecule has 110 valence electrons. The van der Waals surface area contributed by atoms with Gasteiger partial charge in [0.15, 0.2) is 0 Å². The molecule has 1 aromatic carbocycles. The number of benzene rings is 1. The van der Waals surface area contributed by atoms with Crippen molar-refractivity contribution in [2.75, 3.05) is 38.5 Å². The second kappa shape index (κ2) is 6.12. The Bertz CT molecular complexity index is 451. The van der Waals surface area contributed by atoms with Crippen molar-refractivity contribution in [3.05, 3.63) is 29.8 Å². The topological polar surface area (TPSA) is 52.7 Å². The number of para-hydroxylation sites is 1. The fourth-order valence-corrected chi connectivity index (χ4v) is 3.54. The summed E-state index contributed by atoms with van der Waals surface area (Å²) in [5.74, 6) is 0. The van der Waals surface area contributed by atoms with Crippen LogP contribution < -0.4 is 5.73 Å². The van der Waals surface area contributed by atoms with Crippen LogP contribution in [0.1, 0.15) is 30.9 Å². The number of anilines is 1. The lowest BCUT2D eigenvalue weighted by Crippen LogP contribution is -2.55. The first-order chi connectivity index (χ1) is 9.74. The minimum absolute atomic E-state index is 0.480. The van der Waals surface area contributed by atoms with E-state index in [-0.39, 0.29) is 0 Å². The van der Waals surface area contributed by atoms with Gasteiger partial charge in [-0.15, -0.1) is 0 Å². The van der Waals surface area contributed by atoms with Crippen LogP contribution >= 0.6 is 0 Å². The Morgan fingerprint density at radius 2 is 2.05 bits per heavy atom. The number of aliphatic hydroxyl groups is 1. The molecule has 2 aliphatic heterocycles. The quantitative estimate of drug-likeness (QED) is 0.820. The third-order valence-electron chi connectivity index (χ3n) is 4.71. The monoisotopic (exact) mass is 275 g/mol. The summed E-state index contributed by atoms with van der Waals surface area (Å²) in [5, 5.41) is 10.4. The van der Waals surface area contributed by atoms with Crippen LogP contribution in [0.2, 0.25) is 0 Å². The van der Waals surface area contributed by atoms with Gasteiger partial charge in [0.05, 0.1) is 6.10 Å². The first-order valence-corrected chi connectivity index (χ1v) is 7.73. The zero-order valence-corrected chi connectivity index (χ0v) is 12.0. The van der Waals surface area contributed by atoms with Crippen LogP contribution in [0.4, 0.5) is 5.69 Å². The molecule has 2 unspecified atom stereocenters. The molecule has 0 radical (unpaired) electrons. The summed E-state index contributed by atoms with van der Waals surface area (Å²) in [6.07, 6.45) is 3.52. The lowest BCUT2D eigenvalue weighted by Gasteiger charge is -2.44. The van der Waals surface area contributed by atoms with Gasteiger partial charge >= 0.3 is 0 Å². The van der Waals surface area contributed by atoms with Crippen molar-refractivity contribution in [3.8, 4) is 0 Å². The lowest BCUT2D eigenvalue weighted by molar-refractivity contribution is 0.0235. The summed E-state index contributed by atoms with van der Waals surface area (Å²) in [7, 11) is 0. The molecule has 4 nitrogen and oxygen atoms in total. The summed E-state index contributed by atoms with van der Waals surface area (Å²) in [5.41, 5.74) is 7.50. The van der Waals surface area contributed by atoms with Gasteiger partial charge in [0, 0.05) is 43.5 Å². The number of fused-ring (bicyclic) bond motifs is 1. The smallest absolute Gasteiger partial charge is 0.0936 e. The SMILES string of the molecule is Nc1ccccc1C(O)CN1CCN2CCCCC2C1. The van der Waals surface area contributed by atoms with E-state index in [4.69, 9.17) is 5.73 Å². The summed E-state index contributed by atoms with van der Waals surface area (Å²) in [4.78, 5) is 5.01. The molecule has 2 aliphatic rings. The zero-order valence-electron chi connectivity index (χ0n) is 12.0. The maximum atomic E-state index is 10.4. The fourth-order valence-electron chi connectivity index (χ4n) is 3.54. The fraction of sp³-hybridized carbons (Fsp3) is 0.625. The molecule has 2 atom stereocenters. The number of piperazine rings is 1. The number of hydrogen-bond donors (Lipinski definition) is 2. The predicted octanol–water partition coefficient (Wildman–Crippen LogP) is 1.47. The molecule has 0 aromatic heterocycles. The number of nitrogens with zero attached hydrogens (tertiary/aromatic N) is 2. The van der Waals surface area contributed by atoms with Crippen molar-refractivity contribution in [1.29, 1.82) is 0 Å². The van der Waals surface area contributed by atoms with Crippen molar-refractivity contribution >= 4 is 5.69 Å². The second-order valence-electron chi connectivity index (χ2n) is 6.09. The average molecular weight is 275 g/mol. The van der Waals surface area contributed by atoms with E-state index in [9.17, 15) is 5.11 Å². The van der Waals surface area contributed by atoms with Gasteiger partial charge < -0.3 is 10.8 Å². The standard InChI is InChI=1S/C16H25N3O/c17-15-7-2-1-6-14(15)16(20)12-18-9-10-19-8-4-3-5-13(19)11-18/h1-2,6-7,13,16,20H,3-5,8-12,17H2. The van der Waals surface area contributed by atoms with E-state index in [1.165, 1.54) is 25.8 Å². The van der Waals surface area contributed by atoms with E-state index in [2.05, 4.69) is 9.80 Å². The molecule has 0 aliphatic carbocycles. The van der Waals surface area contributed by atoms with Crippen LogP contribution in [-0.2, 0) is 0 Å². The van der Waals surface area contributed by atoms with Crippen molar-refractivity contribution in [2.24, 2.45) is 0 Å². The highest BCUT2D eigenvalue weighted by Crippen LogP contribution is 2.24. The molecule has 0 spiro atoms. The van der Waals surface area contributed by atoms with Gasteiger partial charge in [0.2, 0.25) is 0 Å². The highest BCUT2D eigenvalue weighted by molar-refractivity contribution is 5.47. The molecule has 1 aromatic rings. The Hall–Kier alpha value is -1.10. The molecule has 0 bridgehead atoms. The number of aliphatic hydroxyl groups excluding tert-OH is 1. The van der Waals surface area contributed by atoms with Crippen molar-refractivity contribution in [1.82, 2.24) is 9.80 Å². The van der Waals surface area contributed by atoms with E-state index < -0.39 is 6.10 Å². The Morgan fingerprint density at radius 1 is 1.20 bits per heavy atom. The molecule has 20 heavy (non-hydrogen) atoms. The van der Waals surface area contributed by atoms with Gasteiger partial charge in [-0.1, -0.05) is 24.6 Å². The largest absolute Gasteiger partial charge is 0.398 e. The van der Waals surface area contributed by atoms with Gasteiger partial charge in [-0.25, -0.2) is 0 Å². The molecule has 4 heteroatoms. The van der Waals surface area contributed by atoms with Gasteiger partial charge in [0.25, 0.3) is 0 Å². The first-order valence-electron chi connectivity index (χ1n) is 7.73. The number of hydrogen-bond acceptors (Lipinski definition) is 4. The normalized spacial score (nSPS) is 26.1. The minimum Gasteiger partial charge on any atom is -0.398 e. The predicted molar refractivity (Wildman–Crippen MR) is 81.5 cm³/mol. The molecule has 2 fully saturated rings. The lowest BCUT2D eigenvalue weighted by atomic mass is 9.99. The average Bonchev–Trinajstić information content (AvgIpc) is 2.47. The second-order valence-corrected chi connectivity index (χ2v) is 6.09. The van der Waals surface area contributed by atoms with Crippen molar-refractivity contribution in [2.45, 2.75) is 31.4 Å². The molecular formula is C16H25N3O. The minimum atomic E-state index is -0.480. The number of rotatable bonds is 3. The number of piperidine rings is 1. The third-order valence-corrected chi connectivity index (χ3v) is 4.71. The molecule has 3 rings (SSSR count). The summed E-state index contributed by atoms with van der Waals surface area (Å²) in [6, 6.07) is 8.33. The number of nitrogen functional groups attached to an aromatic ring is 1. The molecular weight excluding hydrogens is 250 g/mol. The van der Waals surface area contributed by atoms with E-state index in [0.717, 1.165) is 25.2 Å². The van der Waals surface area contributed by atoms with Crippen molar-refractivity contribution < 1.29 is 5.11 Å². The van der Waals surface area contributed by atoms with Crippen LogP contribution in [0.15, 0.2) is 24.3 Å². The molecule has 2 heterocycles. The van der Waals surface area contributed by atoms with E-state index in [0.29, 0.717) is 18.3 Å². The maximum absolute atomic E-state index is 10.4. The van der Waals surface area contributed by atoms with E-state index in [1.807, 2.05) is 24.3 Å². The summed E-state index contributed by atoms with van der Waals surface area (Å²) >= 11 is 0. The van der Waals surface area contributed by atoms with Crippen LogP contribution in [0.5, 0.6) is 0 Å². The van der Waals surface area contributed by atoms with Gasteiger partial charge in [-0.05, 0) is 25.5 Å². The number of β-amino-alcohol motifs (C(OH)–C–C–N with tert-alkyl or cyclic N) is 1. The summed E-state index contributed by atoms with van der Waals surface area (Å²) in [6.45, 7) is 5.23. The molecule has 0 saturated carbocycles. The van der Waals surface area contributed by atoms with Crippen molar-refractivity contribution in [3.63, 3.8) is 0 Å². The highest BCUT2D eigenvalue weighted by atomic mass is 16.3. The van der Waals surface area contributed by atoms with Gasteiger partial charge in [-0.3, -0.25) is 9.80 Å². The first kappa shape index (κ1) is 13.9. The Morgan fingerprint density at radius 3 is 2.90 bits per heavy atom. The van der Waals surface area contributed by atoms with Crippen LogP contribution in [-0.4, -0.2) is 53.7 Å². The Kier molecular flexibility index (Phi) is 4.24. The van der Waals surface area contributed by atoms with Crippen LogP contribution in [0.25, 0.3) is 0 Å². The van der Waals surface area contributed by atoms with E-state index >= 15 is 0 Å². The third kappa shape index (κ3) is 2.97. The zero-order chi connectivity index (χ0) is 13.9. The van der Waals surface area contributed by atoms with E-state index in [1.54, 1.807) is 0 Å². The van der Waals surface area contributed by atoms with Crippen LogP contribution in [0.3, 0.4) is 0 Å². The summed E-state index contributed by atoms with van der Waals surface area (Å²) < 4.78 is 0. The molecule has 2 saturated heterocycles. The number of nitrogens with two attached hydrogens (primary N) is 1. The Balaban J connectivity index is 1.59. The molecule has 3 N–H and O–H groups in total. The highest BCUT2D eigenvalue weighted by Gasteiger charge is 2.29. The van der Waals surface area contributed by atoms with Gasteiger partial charge in [0.1, 0.15) is 0 Å². The van der Waals surface area contributed by atoms with Crippen LogP contribution in [0, 0.1) is 0 Å². The van der Waals surface area contributed by atoms with Gasteiger partial charge in [-0.2, -0.15) is 0 Å². The molecule has 0 amide bonds. The maximum Gasteiger partial charge on any atom is 0.0936 e.